The van der Waals surface area contributed by atoms with Crippen molar-refractivity contribution in [1.82, 2.24) is 5.43 Å². The molecule has 36 heavy (non-hydrogen) atoms. The van der Waals surface area contributed by atoms with Crippen molar-refractivity contribution in [2.24, 2.45) is 5.10 Å². The standard InChI is InChI=1S/C25H22Cl2N4O5/c1-15-6-3-4-8-18(15)29-22(32)14-36-20-11-10-16(12-21(20)35-2)13-28-31-25(34)24(33)30-19-9-5-7-17(26)23(19)27/h3-13H,14H2,1-2H3,(H,29,32)(H,30,33)(H,31,34)/b28-13-. The maximum absolute atomic E-state index is 12.2. The number of carbonyl (C=O) groups is 3. The Kier molecular flexibility index (Phi) is 9.26. The van der Waals surface area contributed by atoms with Gasteiger partial charge in [-0.05, 0) is 54.4 Å². The van der Waals surface area contributed by atoms with Crippen LogP contribution in [-0.2, 0) is 14.4 Å². The first-order valence-electron chi connectivity index (χ1n) is 10.5. The Balaban J connectivity index is 1.54. The summed E-state index contributed by atoms with van der Waals surface area (Å²) in [7, 11) is 1.45. The van der Waals surface area contributed by atoms with E-state index >= 15 is 0 Å². The number of hydrogen-bond donors (Lipinski definition) is 3. The zero-order valence-electron chi connectivity index (χ0n) is 19.3. The molecule has 3 aromatic carbocycles. The highest BCUT2D eigenvalue weighted by atomic mass is 35.5. The van der Waals surface area contributed by atoms with Crippen molar-refractivity contribution < 1.29 is 23.9 Å². The Morgan fingerprint density at radius 3 is 2.42 bits per heavy atom. The van der Waals surface area contributed by atoms with Crippen LogP contribution < -0.4 is 25.5 Å². The van der Waals surface area contributed by atoms with Crippen molar-refractivity contribution in [1.29, 1.82) is 0 Å². The van der Waals surface area contributed by atoms with Crippen LogP contribution in [0.1, 0.15) is 11.1 Å². The summed E-state index contributed by atoms with van der Waals surface area (Å²) >= 11 is 11.9. The summed E-state index contributed by atoms with van der Waals surface area (Å²) in [6.07, 6.45) is 1.31. The first-order valence-corrected chi connectivity index (χ1v) is 11.3. The van der Waals surface area contributed by atoms with Crippen molar-refractivity contribution in [2.75, 3.05) is 24.4 Å². The van der Waals surface area contributed by atoms with E-state index in [1.807, 2.05) is 25.1 Å². The predicted octanol–water partition coefficient (Wildman–Crippen LogP) is 4.42. The molecule has 0 bridgehead atoms. The van der Waals surface area contributed by atoms with Crippen LogP contribution in [0.5, 0.6) is 11.5 Å². The molecule has 0 spiro atoms. The molecule has 0 saturated carbocycles. The van der Waals surface area contributed by atoms with Crippen LogP contribution in [0.3, 0.4) is 0 Å². The second-order valence-corrected chi connectivity index (χ2v) is 8.10. The first-order chi connectivity index (χ1) is 17.3. The third-order valence-corrected chi connectivity index (χ3v) is 5.57. The van der Waals surface area contributed by atoms with Crippen LogP contribution in [-0.4, -0.2) is 37.7 Å². The minimum absolute atomic E-state index is 0.117. The number of halogens is 2. The van der Waals surface area contributed by atoms with Gasteiger partial charge in [-0.3, -0.25) is 14.4 Å². The number of anilines is 2. The van der Waals surface area contributed by atoms with Crippen LogP contribution in [0.2, 0.25) is 10.0 Å². The molecule has 0 radical (unpaired) electrons. The molecule has 11 heteroatoms. The zero-order chi connectivity index (χ0) is 26.1. The fourth-order valence-electron chi connectivity index (χ4n) is 2.92. The topological polar surface area (TPSA) is 118 Å². The maximum Gasteiger partial charge on any atom is 0.329 e. The van der Waals surface area contributed by atoms with E-state index in [0.29, 0.717) is 22.7 Å². The molecule has 0 aliphatic heterocycles. The fraction of sp³-hybridized carbons (Fsp3) is 0.120. The summed E-state index contributed by atoms with van der Waals surface area (Å²) in [6, 6.07) is 16.9. The lowest BCUT2D eigenvalue weighted by Gasteiger charge is -2.12. The average Bonchev–Trinajstić information content (AvgIpc) is 2.87. The molecule has 0 atom stereocenters. The average molecular weight is 529 g/mol. The van der Waals surface area contributed by atoms with Gasteiger partial charge >= 0.3 is 11.8 Å². The smallest absolute Gasteiger partial charge is 0.329 e. The number of amides is 3. The Hall–Kier alpha value is -4.08. The summed E-state index contributed by atoms with van der Waals surface area (Å²) in [5.41, 5.74) is 4.50. The van der Waals surface area contributed by atoms with Gasteiger partial charge in [0.2, 0.25) is 0 Å². The summed E-state index contributed by atoms with van der Waals surface area (Å²) in [4.78, 5) is 36.3. The van der Waals surface area contributed by atoms with Crippen molar-refractivity contribution in [3.63, 3.8) is 0 Å². The third kappa shape index (κ3) is 7.21. The highest BCUT2D eigenvalue weighted by molar-refractivity contribution is 6.45. The van der Waals surface area contributed by atoms with E-state index in [9.17, 15) is 14.4 Å². The van der Waals surface area contributed by atoms with Gasteiger partial charge in [-0.2, -0.15) is 5.10 Å². The van der Waals surface area contributed by atoms with Gasteiger partial charge in [0.25, 0.3) is 5.91 Å². The van der Waals surface area contributed by atoms with Crippen molar-refractivity contribution in [3.8, 4) is 11.5 Å². The number of hydrazone groups is 1. The van der Waals surface area contributed by atoms with Gasteiger partial charge in [0.1, 0.15) is 0 Å². The number of nitrogens with one attached hydrogen (secondary N) is 3. The molecule has 3 rings (SSSR count). The summed E-state index contributed by atoms with van der Waals surface area (Å²) in [5.74, 6) is -1.61. The lowest BCUT2D eigenvalue weighted by atomic mass is 10.2. The maximum atomic E-state index is 12.2. The van der Waals surface area contributed by atoms with Gasteiger partial charge in [0.05, 0.1) is 29.1 Å². The molecule has 0 heterocycles. The Morgan fingerprint density at radius 1 is 0.917 bits per heavy atom. The summed E-state index contributed by atoms with van der Waals surface area (Å²) < 4.78 is 10.9. The van der Waals surface area contributed by atoms with Gasteiger partial charge in [0, 0.05) is 5.69 Å². The highest BCUT2D eigenvalue weighted by Crippen LogP contribution is 2.29. The van der Waals surface area contributed by atoms with Crippen molar-refractivity contribution in [3.05, 3.63) is 81.8 Å². The van der Waals surface area contributed by atoms with Crippen LogP contribution >= 0.6 is 23.2 Å². The third-order valence-electron chi connectivity index (χ3n) is 4.75. The highest BCUT2D eigenvalue weighted by Gasteiger charge is 2.15. The number of para-hydroxylation sites is 1. The molecule has 0 fully saturated rings. The molecular weight excluding hydrogens is 507 g/mol. The number of methoxy groups -OCH3 is 1. The monoisotopic (exact) mass is 528 g/mol. The molecule has 0 aliphatic rings. The molecule has 0 unspecified atom stereocenters. The molecule has 3 aromatic rings. The summed E-state index contributed by atoms with van der Waals surface area (Å²) in [5, 5.41) is 9.27. The van der Waals surface area contributed by atoms with Gasteiger partial charge in [0.15, 0.2) is 18.1 Å². The second-order valence-electron chi connectivity index (χ2n) is 7.32. The minimum atomic E-state index is -1.01. The van der Waals surface area contributed by atoms with Crippen molar-refractivity contribution >= 4 is 58.5 Å². The number of aryl methyl sites for hydroxylation is 1. The van der Waals surface area contributed by atoms with E-state index in [-0.39, 0.29) is 28.2 Å². The van der Waals surface area contributed by atoms with Gasteiger partial charge in [-0.1, -0.05) is 47.5 Å². The van der Waals surface area contributed by atoms with E-state index in [1.165, 1.54) is 19.4 Å². The number of nitrogens with zero attached hydrogens (tertiary/aromatic N) is 1. The quantitative estimate of drug-likeness (QED) is 0.227. The van der Waals surface area contributed by atoms with E-state index in [0.717, 1.165) is 5.56 Å². The summed E-state index contributed by atoms with van der Waals surface area (Å²) in [6.45, 7) is 1.67. The molecule has 0 saturated heterocycles. The van der Waals surface area contributed by atoms with Crippen LogP contribution in [0.15, 0.2) is 65.8 Å². The zero-order valence-corrected chi connectivity index (χ0v) is 20.8. The predicted molar refractivity (Wildman–Crippen MR) is 139 cm³/mol. The van der Waals surface area contributed by atoms with Gasteiger partial charge in [-0.15, -0.1) is 0 Å². The first kappa shape index (κ1) is 26.5. The fourth-order valence-corrected chi connectivity index (χ4v) is 3.27. The van der Waals surface area contributed by atoms with Gasteiger partial charge in [-0.25, -0.2) is 5.43 Å². The van der Waals surface area contributed by atoms with Gasteiger partial charge < -0.3 is 20.1 Å². The normalized spacial score (nSPS) is 10.6. The van der Waals surface area contributed by atoms with E-state index in [1.54, 1.807) is 36.4 Å². The van der Waals surface area contributed by atoms with E-state index in [2.05, 4.69) is 21.2 Å². The van der Waals surface area contributed by atoms with Crippen LogP contribution in [0.4, 0.5) is 11.4 Å². The van der Waals surface area contributed by atoms with Crippen LogP contribution in [0, 0.1) is 6.92 Å². The Morgan fingerprint density at radius 2 is 1.67 bits per heavy atom. The Bertz CT molecular complexity index is 1310. The molecular formula is C25H22Cl2N4O5. The largest absolute Gasteiger partial charge is 0.493 e. The lowest BCUT2D eigenvalue weighted by molar-refractivity contribution is -0.136. The lowest BCUT2D eigenvalue weighted by Crippen LogP contribution is -2.32. The number of rotatable bonds is 8. The molecule has 0 aromatic heterocycles. The molecule has 0 aliphatic carbocycles. The van der Waals surface area contributed by atoms with Crippen molar-refractivity contribution in [2.45, 2.75) is 6.92 Å². The number of hydrogen-bond acceptors (Lipinski definition) is 6. The minimum Gasteiger partial charge on any atom is -0.493 e. The van der Waals surface area contributed by atoms with E-state index < -0.39 is 11.8 Å². The molecule has 9 nitrogen and oxygen atoms in total. The number of ether oxygens (including phenoxy) is 2. The molecule has 3 amide bonds. The Labute approximate surface area is 217 Å². The SMILES string of the molecule is COc1cc(/C=N\NC(=O)C(=O)Nc2cccc(Cl)c2Cl)ccc1OCC(=O)Nc1ccccc1C. The molecule has 3 N–H and O–H groups in total. The second kappa shape index (κ2) is 12.6. The number of carbonyl (C=O) groups excluding carboxylic acids is 3. The van der Waals surface area contributed by atoms with Crippen LogP contribution in [0.25, 0.3) is 0 Å². The molecule has 186 valence electrons. The van der Waals surface area contributed by atoms with E-state index in [4.69, 9.17) is 32.7 Å². The number of benzene rings is 3.